The predicted octanol–water partition coefficient (Wildman–Crippen LogP) is 19.8. The molecule has 9 heteroatoms. The first-order valence-electron chi connectivity index (χ1n) is 31.6. The quantitative estimate of drug-likeness (QED) is 0.0243. The lowest BCUT2D eigenvalue weighted by Crippen LogP contribution is -2.46. The first-order chi connectivity index (χ1) is 37.0. The molecule has 0 heterocycles. The van der Waals surface area contributed by atoms with Gasteiger partial charge >= 0.3 is 7.82 Å². The fourth-order valence-corrected chi connectivity index (χ4v) is 9.68. The number of allylic oxidation sites excluding steroid dienone is 16. The molecular weight excluding hydrogens is 960 g/mol. The van der Waals surface area contributed by atoms with E-state index in [1.54, 1.807) is 0 Å². The molecular formula is C67H122N2O6P+. The Labute approximate surface area is 470 Å². The average Bonchev–Trinajstić information content (AvgIpc) is 3.38. The minimum Gasteiger partial charge on any atom is -0.391 e. The summed E-state index contributed by atoms with van der Waals surface area (Å²) in [5, 5.41) is 14.0. The number of hydrogen-bond donors (Lipinski definition) is 3. The number of quaternary nitrogens is 1. The van der Waals surface area contributed by atoms with Crippen LogP contribution >= 0.6 is 7.82 Å². The highest BCUT2D eigenvalue weighted by Gasteiger charge is 2.28. The number of likely N-dealkylation sites (N-methyl/N-ethyl adjacent to an activating group) is 1. The lowest BCUT2D eigenvalue weighted by molar-refractivity contribution is -0.870. The molecule has 0 saturated carbocycles. The van der Waals surface area contributed by atoms with Gasteiger partial charge in [0.15, 0.2) is 0 Å². The topological polar surface area (TPSA) is 105 Å². The second kappa shape index (κ2) is 57.1. The van der Waals surface area contributed by atoms with Crippen molar-refractivity contribution in [2.75, 3.05) is 40.9 Å². The van der Waals surface area contributed by atoms with Gasteiger partial charge in [-0.3, -0.25) is 13.8 Å². The van der Waals surface area contributed by atoms with Gasteiger partial charge in [0, 0.05) is 6.42 Å². The number of nitrogens with one attached hydrogen (secondary N) is 1. The average molecular weight is 1080 g/mol. The number of nitrogens with zero attached hydrogens (tertiary/aromatic N) is 1. The maximum absolute atomic E-state index is 13.0. The van der Waals surface area contributed by atoms with Gasteiger partial charge in [0.1, 0.15) is 13.2 Å². The molecule has 76 heavy (non-hydrogen) atoms. The Morgan fingerprint density at radius 3 is 1.16 bits per heavy atom. The molecule has 0 saturated heterocycles. The summed E-state index contributed by atoms with van der Waals surface area (Å²) < 4.78 is 23.8. The van der Waals surface area contributed by atoms with Crippen LogP contribution in [0.1, 0.15) is 271 Å². The summed E-state index contributed by atoms with van der Waals surface area (Å²) in [6, 6.07) is -0.763. The van der Waals surface area contributed by atoms with E-state index in [1.807, 2.05) is 21.1 Å². The summed E-state index contributed by atoms with van der Waals surface area (Å²) in [5.41, 5.74) is 0. The molecule has 0 aliphatic carbocycles. The highest BCUT2D eigenvalue weighted by Crippen LogP contribution is 2.43. The van der Waals surface area contributed by atoms with Crippen LogP contribution in [0.4, 0.5) is 0 Å². The van der Waals surface area contributed by atoms with Crippen molar-refractivity contribution in [2.45, 2.75) is 283 Å². The number of carbonyl (C=O) groups is 1. The van der Waals surface area contributed by atoms with E-state index >= 15 is 0 Å². The highest BCUT2D eigenvalue weighted by atomic mass is 31.2. The maximum Gasteiger partial charge on any atom is 0.472 e. The number of phosphoric ester groups is 1. The minimum absolute atomic E-state index is 0.0728. The number of aliphatic hydroxyl groups excluding tert-OH is 1. The molecule has 0 rings (SSSR count). The Morgan fingerprint density at radius 1 is 0.461 bits per heavy atom. The summed E-state index contributed by atoms with van der Waals surface area (Å²) in [7, 11) is 1.61. The fraction of sp³-hybridized carbons (Fsp3) is 0.746. The van der Waals surface area contributed by atoms with Gasteiger partial charge in [-0.15, -0.1) is 0 Å². The summed E-state index contributed by atoms with van der Waals surface area (Å²) >= 11 is 0. The molecule has 440 valence electrons. The number of carbonyl (C=O) groups excluding carboxylic acids is 1. The Balaban J connectivity index is 3.95. The van der Waals surface area contributed by atoms with Gasteiger partial charge in [-0.25, -0.2) is 4.57 Å². The molecule has 0 aromatic carbocycles. The van der Waals surface area contributed by atoms with Crippen molar-refractivity contribution in [1.29, 1.82) is 0 Å². The zero-order valence-electron chi connectivity index (χ0n) is 50.2. The molecule has 3 atom stereocenters. The molecule has 8 nitrogen and oxygen atoms in total. The van der Waals surface area contributed by atoms with E-state index in [4.69, 9.17) is 9.05 Å². The van der Waals surface area contributed by atoms with Gasteiger partial charge in [-0.05, 0) is 77.0 Å². The molecule has 1 amide bonds. The fourth-order valence-electron chi connectivity index (χ4n) is 8.95. The summed E-state index contributed by atoms with van der Waals surface area (Å²) in [6.07, 6.45) is 82.0. The van der Waals surface area contributed by atoms with Crippen molar-refractivity contribution in [2.24, 2.45) is 0 Å². The van der Waals surface area contributed by atoms with Crippen LogP contribution in [0.5, 0.6) is 0 Å². The van der Waals surface area contributed by atoms with Gasteiger partial charge in [-0.2, -0.15) is 0 Å². The van der Waals surface area contributed by atoms with Crippen molar-refractivity contribution in [3.05, 3.63) is 97.2 Å². The van der Waals surface area contributed by atoms with E-state index < -0.39 is 20.0 Å². The first-order valence-corrected chi connectivity index (χ1v) is 33.1. The summed E-state index contributed by atoms with van der Waals surface area (Å²) in [5.74, 6) is -0.145. The van der Waals surface area contributed by atoms with E-state index in [0.29, 0.717) is 23.9 Å². The van der Waals surface area contributed by atoms with Crippen molar-refractivity contribution >= 4 is 13.7 Å². The Morgan fingerprint density at radius 2 is 0.789 bits per heavy atom. The molecule has 0 aromatic rings. The van der Waals surface area contributed by atoms with Crippen LogP contribution in [0, 0.1) is 0 Å². The molecule has 0 radical (unpaired) electrons. The molecule has 3 N–H and O–H groups in total. The number of phosphoric acid groups is 1. The maximum atomic E-state index is 13.0. The number of aliphatic hydroxyl groups is 1. The van der Waals surface area contributed by atoms with Gasteiger partial charge in [-0.1, -0.05) is 284 Å². The number of hydrogen-bond acceptors (Lipinski definition) is 5. The van der Waals surface area contributed by atoms with Crippen LogP contribution in [0.3, 0.4) is 0 Å². The van der Waals surface area contributed by atoms with E-state index in [9.17, 15) is 19.4 Å². The Kier molecular flexibility index (Phi) is 55.2. The largest absolute Gasteiger partial charge is 0.472 e. The third kappa shape index (κ3) is 59.1. The van der Waals surface area contributed by atoms with Gasteiger partial charge < -0.3 is 19.8 Å². The van der Waals surface area contributed by atoms with Gasteiger partial charge in [0.25, 0.3) is 0 Å². The van der Waals surface area contributed by atoms with Crippen LogP contribution in [-0.4, -0.2) is 73.4 Å². The second-order valence-electron chi connectivity index (χ2n) is 22.4. The van der Waals surface area contributed by atoms with Crippen LogP contribution in [0.15, 0.2) is 97.2 Å². The number of rotatable bonds is 57. The zero-order chi connectivity index (χ0) is 55.6. The van der Waals surface area contributed by atoms with E-state index in [0.717, 1.165) is 89.9 Å². The molecule has 0 aliphatic rings. The van der Waals surface area contributed by atoms with Crippen LogP contribution in [-0.2, 0) is 18.4 Å². The van der Waals surface area contributed by atoms with E-state index in [2.05, 4.69) is 116 Å². The van der Waals surface area contributed by atoms with Crippen molar-refractivity contribution in [3.8, 4) is 0 Å². The molecule has 0 bridgehead atoms. The zero-order valence-corrected chi connectivity index (χ0v) is 51.1. The number of unbranched alkanes of at least 4 members (excludes halogenated alkanes) is 28. The van der Waals surface area contributed by atoms with Gasteiger partial charge in [0.2, 0.25) is 5.91 Å². The van der Waals surface area contributed by atoms with Crippen molar-refractivity contribution < 1.29 is 32.9 Å². The first kappa shape index (κ1) is 73.4. The van der Waals surface area contributed by atoms with Crippen LogP contribution in [0.25, 0.3) is 0 Å². The van der Waals surface area contributed by atoms with Crippen molar-refractivity contribution in [1.82, 2.24) is 5.32 Å². The van der Waals surface area contributed by atoms with E-state index in [-0.39, 0.29) is 19.1 Å². The van der Waals surface area contributed by atoms with Crippen LogP contribution < -0.4 is 5.32 Å². The monoisotopic (exact) mass is 1080 g/mol. The number of amides is 1. The lowest BCUT2D eigenvalue weighted by atomic mass is 10.0. The lowest BCUT2D eigenvalue weighted by Gasteiger charge is -2.26. The van der Waals surface area contributed by atoms with Crippen LogP contribution in [0.2, 0.25) is 0 Å². The molecule has 3 unspecified atom stereocenters. The highest BCUT2D eigenvalue weighted by molar-refractivity contribution is 7.47. The Hall–Kier alpha value is -2.58. The standard InChI is InChI=1S/C67H121N2O6P/c1-6-8-10-12-14-16-18-20-21-22-23-24-25-26-27-28-29-30-31-32-33-34-35-36-37-38-39-40-41-42-43-44-45-46-47-49-51-53-55-57-59-61-67(71)68-65(64-75-76(72,73)74-63-62-69(3,4)5)66(70)60-58-56-54-52-50-48-19-17-15-13-11-9-7-2/h8,10,14,16,20-21,23-24,26-27,29-30,32-33,35-36,65-66,70H,6-7,9,11-13,15,17-19,22,25,28,31,34,37-64H2,1-5H3,(H-,68,71,72,73)/p+1/b10-8-,16-14-,21-20-,24-23-,27-26-,30-29-,33-32-,36-35-. The summed E-state index contributed by atoms with van der Waals surface area (Å²) in [4.78, 5) is 23.3. The van der Waals surface area contributed by atoms with E-state index in [1.165, 1.54) is 154 Å². The van der Waals surface area contributed by atoms with Gasteiger partial charge in [0.05, 0.1) is 39.9 Å². The summed E-state index contributed by atoms with van der Waals surface area (Å²) in [6.45, 7) is 4.78. The third-order valence-electron chi connectivity index (χ3n) is 13.8. The normalized spacial score (nSPS) is 14.5. The molecule has 0 fully saturated rings. The molecule has 0 spiro atoms. The molecule has 0 aliphatic heterocycles. The third-order valence-corrected chi connectivity index (χ3v) is 14.8. The Bertz CT molecular complexity index is 1560. The SMILES string of the molecule is CC/C=C\C/C=C\C/C=C\C/C=C\C/C=C\C/C=C\C/C=C\C/C=C\CCCCCCCCCCCCCCCCCCC(=O)NC(COP(=O)(O)OCC[N+](C)(C)C)C(O)CCCCCCCCCCCCCCC. The van der Waals surface area contributed by atoms with Crippen molar-refractivity contribution in [3.63, 3.8) is 0 Å². The smallest absolute Gasteiger partial charge is 0.391 e. The second-order valence-corrected chi connectivity index (χ2v) is 23.9. The molecule has 0 aromatic heterocycles. The predicted molar refractivity (Wildman–Crippen MR) is 332 cm³/mol. The minimum atomic E-state index is -4.32.